The highest BCUT2D eigenvalue weighted by Gasteiger charge is 2.31. The molecule has 0 fully saturated rings. The number of aromatic carboxylic acids is 4. The first kappa shape index (κ1) is 23.5. The van der Waals surface area contributed by atoms with E-state index in [-0.39, 0.29) is 28.2 Å². The van der Waals surface area contributed by atoms with Crippen molar-refractivity contribution in [3.05, 3.63) is 118 Å². The molecular formula is C29H18O8. The Labute approximate surface area is 209 Å². The van der Waals surface area contributed by atoms with Crippen molar-refractivity contribution in [2.45, 2.75) is 5.92 Å². The van der Waals surface area contributed by atoms with E-state index in [1.807, 2.05) is 36.4 Å². The lowest BCUT2D eigenvalue weighted by molar-refractivity contribution is 0.0651. The third-order valence-corrected chi connectivity index (χ3v) is 6.58. The average molecular weight is 494 g/mol. The molecule has 1 atom stereocenters. The zero-order chi connectivity index (χ0) is 26.4. The highest BCUT2D eigenvalue weighted by molar-refractivity contribution is 6.03. The Kier molecular flexibility index (Phi) is 5.56. The van der Waals surface area contributed by atoms with Gasteiger partial charge in [0.15, 0.2) is 0 Å². The normalized spacial score (nSPS) is 13.5. The fourth-order valence-electron chi connectivity index (χ4n) is 4.93. The number of carboxylic acids is 4. The second kappa shape index (κ2) is 8.76. The van der Waals surface area contributed by atoms with E-state index in [4.69, 9.17) is 0 Å². The quantitative estimate of drug-likeness (QED) is 0.248. The Balaban J connectivity index is 1.67. The van der Waals surface area contributed by atoms with Crippen molar-refractivity contribution in [3.63, 3.8) is 0 Å². The molecule has 8 heteroatoms. The van der Waals surface area contributed by atoms with Crippen molar-refractivity contribution in [2.75, 3.05) is 0 Å². The number of carbonyl (C=O) groups is 4. The smallest absolute Gasteiger partial charge is 0.336 e. The van der Waals surface area contributed by atoms with Crippen LogP contribution in [0.1, 0.15) is 64.0 Å². The molecule has 0 amide bonds. The molecule has 4 aromatic rings. The topological polar surface area (TPSA) is 149 Å². The standard InChI is InChI=1S/C29H18O8/c30-26(31)20-9-6-15(12-23(20)28(34)35)14-5-8-19-22(11-14)17-3-1-2-4-18(17)25(19)16-7-10-21(27(32)33)24(13-16)29(36)37/h1-13,25H,(H,30,31)(H,32,33)(H,34,35)(H,36,37). The molecule has 0 aromatic heterocycles. The fraction of sp³-hybridized carbons (Fsp3) is 0.0345. The Morgan fingerprint density at radius 2 is 1.00 bits per heavy atom. The molecule has 0 aliphatic heterocycles. The summed E-state index contributed by atoms with van der Waals surface area (Å²) in [5.41, 5.74) is 4.19. The lowest BCUT2D eigenvalue weighted by Crippen LogP contribution is -2.10. The first-order valence-electron chi connectivity index (χ1n) is 11.1. The second-order valence-electron chi connectivity index (χ2n) is 8.61. The van der Waals surface area contributed by atoms with Crippen molar-refractivity contribution in [3.8, 4) is 22.3 Å². The van der Waals surface area contributed by atoms with E-state index in [1.165, 1.54) is 24.3 Å². The van der Waals surface area contributed by atoms with Crippen molar-refractivity contribution in [2.24, 2.45) is 0 Å². The molecular weight excluding hydrogens is 476 g/mol. The van der Waals surface area contributed by atoms with Gasteiger partial charge in [-0.1, -0.05) is 48.5 Å². The predicted octanol–water partition coefficient (Wildman–Crippen LogP) is 5.31. The molecule has 0 saturated heterocycles. The van der Waals surface area contributed by atoms with Crippen LogP contribution in [0.3, 0.4) is 0 Å². The molecule has 1 unspecified atom stereocenters. The first-order valence-corrected chi connectivity index (χ1v) is 11.1. The maximum absolute atomic E-state index is 11.8. The summed E-state index contributed by atoms with van der Waals surface area (Å²) in [7, 11) is 0. The van der Waals surface area contributed by atoms with Crippen LogP contribution in [-0.4, -0.2) is 44.3 Å². The summed E-state index contributed by atoms with van der Waals surface area (Å²) in [5.74, 6) is -5.67. The molecule has 37 heavy (non-hydrogen) atoms. The minimum atomic E-state index is -1.34. The molecule has 0 radical (unpaired) electrons. The van der Waals surface area contributed by atoms with Gasteiger partial charge in [-0.3, -0.25) is 0 Å². The Bertz CT molecular complexity index is 1650. The van der Waals surface area contributed by atoms with Crippen LogP contribution in [0.25, 0.3) is 22.3 Å². The first-order chi connectivity index (χ1) is 17.7. The zero-order valence-electron chi connectivity index (χ0n) is 19.0. The summed E-state index contributed by atoms with van der Waals surface area (Å²) in [6.07, 6.45) is 0. The van der Waals surface area contributed by atoms with Gasteiger partial charge in [0.1, 0.15) is 0 Å². The van der Waals surface area contributed by atoms with E-state index in [0.717, 1.165) is 22.3 Å². The molecule has 1 aliphatic rings. The monoisotopic (exact) mass is 494 g/mol. The van der Waals surface area contributed by atoms with Crippen molar-refractivity contribution in [1.82, 2.24) is 0 Å². The van der Waals surface area contributed by atoms with Crippen LogP contribution in [0.5, 0.6) is 0 Å². The molecule has 182 valence electrons. The third-order valence-electron chi connectivity index (χ3n) is 6.58. The molecule has 5 rings (SSSR count). The molecule has 1 aliphatic carbocycles. The molecule has 0 spiro atoms. The SMILES string of the molecule is O=C(O)c1ccc(-c2ccc3c(c2)-c2ccccc2C3c2ccc(C(=O)O)c(C(=O)O)c2)cc1C(=O)O. The predicted molar refractivity (Wildman–Crippen MR) is 133 cm³/mol. The third kappa shape index (κ3) is 3.90. The van der Waals surface area contributed by atoms with E-state index in [1.54, 1.807) is 18.2 Å². The highest BCUT2D eigenvalue weighted by atomic mass is 16.4. The van der Waals surface area contributed by atoms with Crippen molar-refractivity contribution in [1.29, 1.82) is 0 Å². The van der Waals surface area contributed by atoms with Gasteiger partial charge in [-0.15, -0.1) is 0 Å². The Hall–Kier alpha value is -5.24. The average Bonchev–Trinajstić information content (AvgIpc) is 3.21. The van der Waals surface area contributed by atoms with Gasteiger partial charge in [-0.05, 0) is 69.3 Å². The van der Waals surface area contributed by atoms with Gasteiger partial charge >= 0.3 is 23.9 Å². The molecule has 4 N–H and O–H groups in total. The van der Waals surface area contributed by atoms with E-state index in [0.29, 0.717) is 16.7 Å². The molecule has 8 nitrogen and oxygen atoms in total. The van der Waals surface area contributed by atoms with Crippen LogP contribution in [0.4, 0.5) is 0 Å². The number of fused-ring (bicyclic) bond motifs is 3. The van der Waals surface area contributed by atoms with Gasteiger partial charge in [-0.2, -0.15) is 0 Å². The van der Waals surface area contributed by atoms with Gasteiger partial charge in [0, 0.05) is 5.92 Å². The molecule has 0 saturated carbocycles. The maximum atomic E-state index is 11.8. The number of hydrogen-bond acceptors (Lipinski definition) is 4. The van der Waals surface area contributed by atoms with E-state index in [2.05, 4.69) is 0 Å². The Morgan fingerprint density at radius 1 is 0.486 bits per heavy atom. The number of rotatable bonds is 6. The van der Waals surface area contributed by atoms with E-state index < -0.39 is 23.9 Å². The van der Waals surface area contributed by atoms with Gasteiger partial charge in [0.25, 0.3) is 0 Å². The number of benzene rings is 4. The summed E-state index contributed by atoms with van der Waals surface area (Å²) in [6.45, 7) is 0. The minimum absolute atomic E-state index is 0.294. The van der Waals surface area contributed by atoms with Gasteiger partial charge < -0.3 is 20.4 Å². The van der Waals surface area contributed by atoms with Crippen LogP contribution >= 0.6 is 0 Å². The highest BCUT2D eigenvalue weighted by Crippen LogP contribution is 2.49. The summed E-state index contributed by atoms with van der Waals surface area (Å²) in [4.78, 5) is 46.4. The number of hydrogen-bond donors (Lipinski definition) is 4. The van der Waals surface area contributed by atoms with E-state index >= 15 is 0 Å². The summed E-state index contributed by atoms with van der Waals surface area (Å²) in [5, 5.41) is 37.8. The second-order valence-corrected chi connectivity index (χ2v) is 8.61. The molecule has 0 bridgehead atoms. The van der Waals surface area contributed by atoms with Crippen molar-refractivity contribution >= 4 is 23.9 Å². The maximum Gasteiger partial charge on any atom is 0.336 e. The van der Waals surface area contributed by atoms with E-state index in [9.17, 15) is 39.6 Å². The van der Waals surface area contributed by atoms with Crippen LogP contribution in [-0.2, 0) is 0 Å². The molecule has 0 heterocycles. The van der Waals surface area contributed by atoms with Crippen LogP contribution in [0.15, 0.2) is 78.9 Å². The van der Waals surface area contributed by atoms with Gasteiger partial charge in [-0.25, -0.2) is 19.2 Å². The Morgan fingerprint density at radius 3 is 1.65 bits per heavy atom. The van der Waals surface area contributed by atoms with Crippen LogP contribution in [0.2, 0.25) is 0 Å². The zero-order valence-corrected chi connectivity index (χ0v) is 19.0. The van der Waals surface area contributed by atoms with Crippen LogP contribution in [0, 0.1) is 0 Å². The minimum Gasteiger partial charge on any atom is -0.478 e. The van der Waals surface area contributed by atoms with Crippen molar-refractivity contribution < 1.29 is 39.6 Å². The number of carboxylic acid groups (broad SMARTS) is 4. The summed E-state index contributed by atoms with van der Waals surface area (Å²) >= 11 is 0. The largest absolute Gasteiger partial charge is 0.478 e. The lowest BCUT2D eigenvalue weighted by Gasteiger charge is -2.16. The summed E-state index contributed by atoms with van der Waals surface area (Å²) in [6, 6.07) is 21.6. The lowest BCUT2D eigenvalue weighted by atomic mass is 9.87. The van der Waals surface area contributed by atoms with Gasteiger partial charge in [0.2, 0.25) is 0 Å². The summed E-state index contributed by atoms with van der Waals surface area (Å²) < 4.78 is 0. The van der Waals surface area contributed by atoms with Crippen LogP contribution < -0.4 is 0 Å². The molecule has 4 aromatic carbocycles. The van der Waals surface area contributed by atoms with Gasteiger partial charge in [0.05, 0.1) is 22.3 Å². The fourth-order valence-corrected chi connectivity index (χ4v) is 4.93.